The second-order valence-corrected chi connectivity index (χ2v) is 18.7. The minimum absolute atomic E-state index is 0.00684. The average molecular weight is 683 g/mol. The molecule has 0 amide bonds. The van der Waals surface area contributed by atoms with E-state index in [4.69, 9.17) is 9.47 Å². The Morgan fingerprint density at radius 2 is 1.72 bits per heavy atom. The van der Waals surface area contributed by atoms with Crippen LogP contribution in [0.15, 0.2) is 53.6 Å². The van der Waals surface area contributed by atoms with Crippen LogP contribution in [0, 0.1) is 51.8 Å². The maximum Gasteiger partial charge on any atom is 0.309 e. The van der Waals surface area contributed by atoms with Gasteiger partial charge in [-0.2, -0.15) is 0 Å². The molecule has 0 aromatic heterocycles. The standard InChI is InChI=1S/C45H66N2O3/c1-32-36(34-12-14-35(15-13-34)41(48)50-31-33-9-6-5-7-10-33)18-21-42(2)37(32)19-22-44(4)40(42)17-16-38-39-11-8-20-45(39,24-23-43(38,44)3)46-25-26-47-27-29-49-30-28-47/h5-7,9-10,12,18,32,35,37-40,46H,8,11,13-17,19-31H2,1-4H3/t32?,35?,37?,38?,39-,40?,42?,43-,44?,45?/m1/s1. The molecule has 7 aliphatic rings. The highest BCUT2D eigenvalue weighted by Gasteiger charge is 2.68. The summed E-state index contributed by atoms with van der Waals surface area (Å²) in [5, 5.41) is 4.27. The molecular weight excluding hydrogens is 617 g/mol. The molecule has 274 valence electrons. The van der Waals surface area contributed by atoms with E-state index in [-0.39, 0.29) is 11.9 Å². The molecule has 5 fully saturated rings. The highest BCUT2D eigenvalue weighted by molar-refractivity contribution is 5.73. The van der Waals surface area contributed by atoms with Gasteiger partial charge in [0, 0.05) is 31.7 Å². The summed E-state index contributed by atoms with van der Waals surface area (Å²) in [6.07, 6.45) is 21.7. The summed E-state index contributed by atoms with van der Waals surface area (Å²) < 4.78 is 11.3. The minimum Gasteiger partial charge on any atom is -0.461 e. The maximum atomic E-state index is 12.9. The van der Waals surface area contributed by atoms with Crippen LogP contribution in [0.25, 0.3) is 0 Å². The van der Waals surface area contributed by atoms with Gasteiger partial charge in [-0.3, -0.25) is 9.69 Å². The third kappa shape index (κ3) is 5.88. The van der Waals surface area contributed by atoms with Crippen molar-refractivity contribution in [2.45, 2.75) is 123 Å². The molecule has 6 aliphatic carbocycles. The van der Waals surface area contributed by atoms with E-state index in [1.807, 2.05) is 30.3 Å². The Morgan fingerprint density at radius 1 is 0.900 bits per heavy atom. The molecule has 10 atom stereocenters. The predicted octanol–water partition coefficient (Wildman–Crippen LogP) is 9.13. The molecule has 4 saturated carbocycles. The molecule has 8 unspecified atom stereocenters. The Bertz CT molecular complexity index is 1450. The van der Waals surface area contributed by atoms with Crippen molar-refractivity contribution >= 4 is 5.97 Å². The van der Waals surface area contributed by atoms with Crippen molar-refractivity contribution in [3.05, 3.63) is 59.2 Å². The molecule has 1 aliphatic heterocycles. The van der Waals surface area contributed by atoms with Gasteiger partial charge in [-0.15, -0.1) is 0 Å². The van der Waals surface area contributed by atoms with Crippen LogP contribution in [0.1, 0.15) is 117 Å². The number of nitrogens with zero attached hydrogens (tertiary/aromatic N) is 1. The van der Waals surface area contributed by atoms with Crippen molar-refractivity contribution < 1.29 is 14.3 Å². The largest absolute Gasteiger partial charge is 0.461 e. The number of hydrogen-bond acceptors (Lipinski definition) is 5. The third-order valence-electron chi connectivity index (χ3n) is 16.9. The maximum absolute atomic E-state index is 12.9. The van der Waals surface area contributed by atoms with Gasteiger partial charge in [-0.1, -0.05) is 76.6 Å². The number of benzene rings is 1. The van der Waals surface area contributed by atoms with E-state index >= 15 is 0 Å². The molecule has 0 radical (unpaired) electrons. The van der Waals surface area contributed by atoms with Gasteiger partial charge in [0.25, 0.3) is 0 Å². The number of allylic oxidation sites excluding steroid dienone is 4. The molecule has 5 heteroatoms. The highest BCUT2D eigenvalue weighted by atomic mass is 16.5. The lowest BCUT2D eigenvalue weighted by Crippen LogP contribution is -2.67. The van der Waals surface area contributed by atoms with Crippen molar-refractivity contribution in [2.75, 3.05) is 39.4 Å². The van der Waals surface area contributed by atoms with Gasteiger partial charge in [-0.25, -0.2) is 0 Å². The Hall–Kier alpha value is -1.95. The van der Waals surface area contributed by atoms with E-state index in [1.54, 1.807) is 5.57 Å². The summed E-state index contributed by atoms with van der Waals surface area (Å²) in [5.41, 5.74) is 5.83. The smallest absolute Gasteiger partial charge is 0.309 e. The van der Waals surface area contributed by atoms with E-state index in [2.05, 4.69) is 50.1 Å². The van der Waals surface area contributed by atoms with E-state index in [0.29, 0.717) is 34.3 Å². The highest BCUT2D eigenvalue weighted by Crippen LogP contribution is 2.75. The van der Waals surface area contributed by atoms with E-state index in [9.17, 15) is 4.79 Å². The van der Waals surface area contributed by atoms with Crippen LogP contribution in [0.3, 0.4) is 0 Å². The fourth-order valence-corrected chi connectivity index (χ4v) is 14.0. The summed E-state index contributed by atoms with van der Waals surface area (Å²) >= 11 is 0. The van der Waals surface area contributed by atoms with E-state index in [1.165, 1.54) is 76.3 Å². The van der Waals surface area contributed by atoms with Gasteiger partial charge in [-0.05, 0) is 140 Å². The monoisotopic (exact) mass is 683 g/mol. The number of carbonyl (C=O) groups excluding carboxylic acids is 1. The summed E-state index contributed by atoms with van der Waals surface area (Å²) in [7, 11) is 0. The van der Waals surface area contributed by atoms with Gasteiger partial charge in [0.15, 0.2) is 0 Å². The Balaban J connectivity index is 0.937. The molecule has 1 saturated heterocycles. The Kier molecular flexibility index (Phi) is 9.68. The Labute approximate surface area is 303 Å². The molecule has 1 aromatic carbocycles. The normalized spacial score (nSPS) is 43.0. The molecular formula is C45H66N2O3. The van der Waals surface area contributed by atoms with E-state index < -0.39 is 0 Å². The number of morpholine rings is 1. The number of nitrogens with one attached hydrogen (secondary N) is 1. The van der Waals surface area contributed by atoms with Gasteiger partial charge in [0.1, 0.15) is 6.61 Å². The van der Waals surface area contributed by atoms with Gasteiger partial charge in [0.05, 0.1) is 19.1 Å². The summed E-state index contributed by atoms with van der Waals surface area (Å²) in [5.74, 6) is 3.84. The quantitative estimate of drug-likeness (QED) is 0.277. The van der Waals surface area contributed by atoms with E-state index in [0.717, 1.165) is 81.3 Å². The van der Waals surface area contributed by atoms with Crippen LogP contribution in [0.2, 0.25) is 0 Å². The van der Waals surface area contributed by atoms with Crippen molar-refractivity contribution in [2.24, 2.45) is 51.8 Å². The second kappa shape index (κ2) is 13.8. The first kappa shape index (κ1) is 35.1. The molecule has 8 rings (SSSR count). The molecule has 1 N–H and O–H groups in total. The van der Waals surface area contributed by atoms with Crippen molar-refractivity contribution in [1.82, 2.24) is 10.2 Å². The lowest BCUT2D eigenvalue weighted by atomic mass is 9.34. The van der Waals surface area contributed by atoms with Gasteiger partial charge < -0.3 is 14.8 Å². The summed E-state index contributed by atoms with van der Waals surface area (Å²) in [6.45, 7) is 17.5. The lowest BCUT2D eigenvalue weighted by Gasteiger charge is -2.71. The van der Waals surface area contributed by atoms with Crippen molar-refractivity contribution in [3.63, 3.8) is 0 Å². The first-order valence-electron chi connectivity index (χ1n) is 20.8. The molecule has 1 heterocycles. The molecule has 50 heavy (non-hydrogen) atoms. The first-order chi connectivity index (χ1) is 24.2. The summed E-state index contributed by atoms with van der Waals surface area (Å²) in [6, 6.07) is 10.1. The number of fused-ring (bicyclic) bond motifs is 7. The Morgan fingerprint density at radius 3 is 2.50 bits per heavy atom. The zero-order valence-corrected chi connectivity index (χ0v) is 31.8. The third-order valence-corrected chi connectivity index (χ3v) is 16.9. The zero-order valence-electron chi connectivity index (χ0n) is 31.8. The van der Waals surface area contributed by atoms with Crippen LogP contribution < -0.4 is 5.32 Å². The van der Waals surface area contributed by atoms with Crippen LogP contribution in [-0.2, 0) is 20.9 Å². The topological polar surface area (TPSA) is 50.8 Å². The van der Waals surface area contributed by atoms with Crippen molar-refractivity contribution in [1.29, 1.82) is 0 Å². The first-order valence-corrected chi connectivity index (χ1v) is 20.8. The zero-order chi connectivity index (χ0) is 34.6. The van der Waals surface area contributed by atoms with Crippen LogP contribution in [-0.4, -0.2) is 55.8 Å². The van der Waals surface area contributed by atoms with Gasteiger partial charge >= 0.3 is 5.97 Å². The van der Waals surface area contributed by atoms with Crippen LogP contribution in [0.5, 0.6) is 0 Å². The number of carbonyl (C=O) groups is 1. The fourth-order valence-electron chi connectivity index (χ4n) is 14.0. The van der Waals surface area contributed by atoms with Crippen LogP contribution >= 0.6 is 0 Å². The van der Waals surface area contributed by atoms with Gasteiger partial charge in [0.2, 0.25) is 0 Å². The van der Waals surface area contributed by atoms with Crippen molar-refractivity contribution in [3.8, 4) is 0 Å². The molecule has 0 spiro atoms. The average Bonchev–Trinajstić information content (AvgIpc) is 3.56. The molecule has 1 aromatic rings. The van der Waals surface area contributed by atoms with Crippen LogP contribution in [0.4, 0.5) is 0 Å². The summed E-state index contributed by atoms with van der Waals surface area (Å²) in [4.78, 5) is 15.6. The SMILES string of the molecule is CC1C(C2=CCC(C(=O)OCc3ccccc3)CC2)=CCC2(C)C1CCC1(C)C2CCC2[C@H]3CCCC3(NCCN3CCOCC3)CC[C@]21C. The minimum atomic E-state index is -0.0283. The number of esters is 1. The molecule has 0 bridgehead atoms. The number of hydrogen-bond donors (Lipinski definition) is 1. The predicted molar refractivity (Wildman–Crippen MR) is 201 cm³/mol. The number of ether oxygens (including phenoxy) is 2. The number of rotatable bonds is 8. The molecule has 5 nitrogen and oxygen atoms in total. The fraction of sp³-hybridized carbons (Fsp3) is 0.756. The second-order valence-electron chi connectivity index (χ2n) is 18.7. The lowest BCUT2D eigenvalue weighted by molar-refractivity contribution is -0.212.